The van der Waals surface area contributed by atoms with Crippen LogP contribution < -0.4 is 10.2 Å². The minimum absolute atomic E-state index is 0.0774. The van der Waals surface area contributed by atoms with Gasteiger partial charge in [0.15, 0.2) is 0 Å². The van der Waals surface area contributed by atoms with E-state index in [1.54, 1.807) is 18.2 Å². The van der Waals surface area contributed by atoms with Crippen molar-refractivity contribution in [1.29, 1.82) is 0 Å². The summed E-state index contributed by atoms with van der Waals surface area (Å²) < 4.78 is 14.3. The molecule has 1 N–H and O–H groups in total. The molecule has 2 aromatic carbocycles. The lowest BCUT2D eigenvalue weighted by Crippen LogP contribution is -2.36. The van der Waals surface area contributed by atoms with E-state index in [0.29, 0.717) is 29.2 Å². The van der Waals surface area contributed by atoms with Crippen LogP contribution in [0.15, 0.2) is 41.3 Å². The minimum atomic E-state index is -0.373. The molecule has 2 aliphatic heterocycles. The third kappa shape index (κ3) is 2.57. The van der Waals surface area contributed by atoms with Crippen molar-refractivity contribution in [2.75, 3.05) is 22.5 Å². The van der Waals surface area contributed by atoms with Crippen molar-refractivity contribution in [2.45, 2.75) is 17.7 Å². The van der Waals surface area contributed by atoms with E-state index in [9.17, 15) is 14.0 Å². The number of anilines is 2. The van der Waals surface area contributed by atoms with Crippen LogP contribution in [0.4, 0.5) is 15.8 Å². The SMILES string of the molecule is O=C1CSc2ccc(C(=O)N3CCCc4cccc(F)c43)cc2N1. The van der Waals surface area contributed by atoms with Crippen molar-refractivity contribution >= 4 is 35.0 Å². The van der Waals surface area contributed by atoms with E-state index in [2.05, 4.69) is 5.32 Å². The summed E-state index contributed by atoms with van der Waals surface area (Å²) in [5.41, 5.74) is 2.34. The number of thioether (sulfide) groups is 1. The fraction of sp³-hybridized carbons (Fsp3) is 0.222. The van der Waals surface area contributed by atoms with E-state index < -0.39 is 0 Å². The number of amides is 2. The number of hydrogen-bond acceptors (Lipinski definition) is 3. The molecule has 0 atom stereocenters. The summed E-state index contributed by atoms with van der Waals surface area (Å²) in [5, 5.41) is 2.78. The van der Waals surface area contributed by atoms with E-state index >= 15 is 0 Å². The van der Waals surface area contributed by atoms with Gasteiger partial charge in [-0.1, -0.05) is 12.1 Å². The first-order valence-electron chi connectivity index (χ1n) is 7.79. The topological polar surface area (TPSA) is 49.4 Å². The molecular weight excluding hydrogens is 327 g/mol. The zero-order chi connectivity index (χ0) is 16.7. The van der Waals surface area contributed by atoms with Crippen molar-refractivity contribution in [3.05, 3.63) is 53.3 Å². The molecular formula is C18H15FN2O2S. The first-order chi connectivity index (χ1) is 11.6. The Bertz CT molecular complexity index is 853. The minimum Gasteiger partial charge on any atom is -0.324 e. The largest absolute Gasteiger partial charge is 0.324 e. The van der Waals surface area contributed by atoms with Crippen LogP contribution >= 0.6 is 11.8 Å². The predicted molar refractivity (Wildman–Crippen MR) is 92.2 cm³/mol. The number of hydrogen-bond donors (Lipinski definition) is 1. The fourth-order valence-corrected chi connectivity index (χ4v) is 3.97. The third-order valence-corrected chi connectivity index (χ3v) is 5.35. The van der Waals surface area contributed by atoms with Gasteiger partial charge in [-0.05, 0) is 42.7 Å². The van der Waals surface area contributed by atoms with Gasteiger partial charge in [0.25, 0.3) is 5.91 Å². The van der Waals surface area contributed by atoms with E-state index in [1.165, 1.54) is 22.7 Å². The van der Waals surface area contributed by atoms with Crippen molar-refractivity contribution in [2.24, 2.45) is 0 Å². The number of carbonyl (C=O) groups excluding carboxylic acids is 2. The Morgan fingerprint density at radius 3 is 3.00 bits per heavy atom. The molecule has 2 amide bonds. The normalized spacial score (nSPS) is 16.2. The van der Waals surface area contributed by atoms with Gasteiger partial charge in [-0.3, -0.25) is 9.59 Å². The third-order valence-electron chi connectivity index (χ3n) is 4.27. The average molecular weight is 342 g/mol. The Hall–Kier alpha value is -2.34. The second kappa shape index (κ2) is 5.94. The highest BCUT2D eigenvalue weighted by atomic mass is 32.2. The molecule has 122 valence electrons. The molecule has 0 unspecified atom stereocenters. The smallest absolute Gasteiger partial charge is 0.258 e. The van der Waals surface area contributed by atoms with Crippen LogP contribution in [-0.4, -0.2) is 24.1 Å². The molecule has 4 rings (SSSR count). The number of benzene rings is 2. The Balaban J connectivity index is 1.71. The Labute approximate surface area is 143 Å². The number of aryl methyl sites for hydroxylation is 1. The molecule has 0 spiro atoms. The van der Waals surface area contributed by atoms with Crippen LogP contribution in [0.1, 0.15) is 22.3 Å². The zero-order valence-corrected chi connectivity index (χ0v) is 13.7. The van der Waals surface area contributed by atoms with E-state index in [1.807, 2.05) is 12.1 Å². The molecule has 4 nitrogen and oxygen atoms in total. The first kappa shape index (κ1) is 15.2. The number of nitrogens with zero attached hydrogens (tertiary/aromatic N) is 1. The number of halogens is 1. The molecule has 2 aliphatic rings. The molecule has 0 fully saturated rings. The standard InChI is InChI=1S/C18H15FN2O2S/c19-13-5-1-3-11-4-2-8-21(17(11)13)18(23)12-6-7-15-14(9-12)20-16(22)10-24-15/h1,3,5-7,9H,2,4,8,10H2,(H,20,22). The molecule has 0 radical (unpaired) electrons. The Morgan fingerprint density at radius 1 is 1.25 bits per heavy atom. The van der Waals surface area contributed by atoms with Crippen LogP contribution in [0.25, 0.3) is 0 Å². The Morgan fingerprint density at radius 2 is 2.12 bits per heavy atom. The molecule has 24 heavy (non-hydrogen) atoms. The number of fused-ring (bicyclic) bond motifs is 2. The number of para-hydroxylation sites is 1. The maximum Gasteiger partial charge on any atom is 0.258 e. The van der Waals surface area contributed by atoms with Crippen LogP contribution in [0, 0.1) is 5.82 Å². The lowest BCUT2D eigenvalue weighted by atomic mass is 10.00. The molecule has 0 saturated carbocycles. The Kier molecular flexibility index (Phi) is 3.76. The summed E-state index contributed by atoms with van der Waals surface area (Å²) in [5.74, 6) is -0.312. The monoisotopic (exact) mass is 342 g/mol. The van der Waals surface area contributed by atoms with Gasteiger partial charge in [0.05, 0.1) is 17.1 Å². The van der Waals surface area contributed by atoms with Gasteiger partial charge in [0, 0.05) is 17.0 Å². The van der Waals surface area contributed by atoms with E-state index in [0.717, 1.165) is 23.3 Å². The van der Waals surface area contributed by atoms with Crippen LogP contribution in [0.3, 0.4) is 0 Å². The number of nitrogens with one attached hydrogen (secondary N) is 1. The molecule has 6 heteroatoms. The number of carbonyl (C=O) groups is 2. The maximum atomic E-state index is 14.3. The van der Waals surface area contributed by atoms with Crippen molar-refractivity contribution < 1.29 is 14.0 Å². The van der Waals surface area contributed by atoms with Crippen molar-refractivity contribution in [3.63, 3.8) is 0 Å². The summed E-state index contributed by atoms with van der Waals surface area (Å²) in [4.78, 5) is 26.9. The lowest BCUT2D eigenvalue weighted by molar-refractivity contribution is -0.113. The van der Waals surface area contributed by atoms with Gasteiger partial charge in [-0.2, -0.15) is 0 Å². The van der Waals surface area contributed by atoms with E-state index in [4.69, 9.17) is 0 Å². The van der Waals surface area contributed by atoms with Crippen molar-refractivity contribution in [1.82, 2.24) is 0 Å². The second-order valence-corrected chi connectivity index (χ2v) is 6.87. The summed E-state index contributed by atoms with van der Waals surface area (Å²) in [6.45, 7) is 0.491. The average Bonchev–Trinajstić information content (AvgIpc) is 2.60. The summed E-state index contributed by atoms with van der Waals surface area (Å²) in [6.07, 6.45) is 1.58. The summed E-state index contributed by atoms with van der Waals surface area (Å²) >= 11 is 1.45. The van der Waals surface area contributed by atoms with Gasteiger partial charge in [0.1, 0.15) is 5.82 Å². The molecule has 0 bridgehead atoms. The van der Waals surface area contributed by atoms with Gasteiger partial charge < -0.3 is 10.2 Å². The van der Waals surface area contributed by atoms with Crippen molar-refractivity contribution in [3.8, 4) is 0 Å². The summed E-state index contributed by atoms with van der Waals surface area (Å²) in [6, 6.07) is 10.2. The number of rotatable bonds is 1. The van der Waals surface area contributed by atoms with Gasteiger partial charge in [0.2, 0.25) is 5.91 Å². The highest BCUT2D eigenvalue weighted by molar-refractivity contribution is 8.00. The lowest BCUT2D eigenvalue weighted by Gasteiger charge is -2.30. The van der Waals surface area contributed by atoms with Crippen LogP contribution in [0.2, 0.25) is 0 Å². The first-order valence-corrected chi connectivity index (χ1v) is 8.78. The van der Waals surface area contributed by atoms with E-state index in [-0.39, 0.29) is 17.6 Å². The maximum absolute atomic E-state index is 14.3. The quantitative estimate of drug-likeness (QED) is 0.863. The van der Waals surface area contributed by atoms with Crippen LogP contribution in [0.5, 0.6) is 0 Å². The molecule has 0 aromatic heterocycles. The summed E-state index contributed by atoms with van der Waals surface area (Å²) in [7, 11) is 0. The van der Waals surface area contributed by atoms with Crippen LogP contribution in [-0.2, 0) is 11.2 Å². The highest BCUT2D eigenvalue weighted by Crippen LogP contribution is 2.34. The molecule has 0 aliphatic carbocycles. The molecule has 2 heterocycles. The second-order valence-electron chi connectivity index (χ2n) is 5.86. The van der Waals surface area contributed by atoms with Gasteiger partial charge >= 0.3 is 0 Å². The highest BCUT2D eigenvalue weighted by Gasteiger charge is 2.27. The fourth-order valence-electron chi connectivity index (χ4n) is 3.18. The molecule has 0 saturated heterocycles. The predicted octanol–water partition coefficient (Wildman–Crippen LogP) is 3.46. The van der Waals surface area contributed by atoms with Gasteiger partial charge in [-0.25, -0.2) is 4.39 Å². The zero-order valence-electron chi connectivity index (χ0n) is 12.8. The van der Waals surface area contributed by atoms with Gasteiger partial charge in [-0.15, -0.1) is 11.8 Å². The molecule has 2 aromatic rings.